The minimum atomic E-state index is -0.203. The Morgan fingerprint density at radius 2 is 1.78 bits per heavy atom. The highest BCUT2D eigenvalue weighted by Gasteiger charge is 2.13. The van der Waals surface area contributed by atoms with E-state index in [-0.39, 0.29) is 17.9 Å². The molecule has 3 nitrogen and oxygen atoms in total. The van der Waals surface area contributed by atoms with Gasteiger partial charge >= 0.3 is 0 Å². The molecule has 2 unspecified atom stereocenters. The molecule has 1 heterocycles. The average Bonchev–Trinajstić information content (AvgIpc) is 2.76. The van der Waals surface area contributed by atoms with Crippen LogP contribution in [0.5, 0.6) is 0 Å². The van der Waals surface area contributed by atoms with Gasteiger partial charge in [-0.2, -0.15) is 5.10 Å². The molecular formula is C14H18FN3. The normalized spacial score (nSPS) is 14.4. The molecule has 0 amide bonds. The third-order valence-corrected chi connectivity index (χ3v) is 3.17. The van der Waals surface area contributed by atoms with Crippen LogP contribution in [-0.2, 0) is 7.05 Å². The fourth-order valence-electron chi connectivity index (χ4n) is 2.12. The van der Waals surface area contributed by atoms with Gasteiger partial charge in [-0.3, -0.25) is 4.68 Å². The standard InChI is InChI=1S/C14H18FN3/c1-10(12-4-6-13(15)7-5-12)17-11(2)14-8-9-16-18(14)3/h4-11,17H,1-3H3. The zero-order chi connectivity index (χ0) is 13.1. The van der Waals surface area contributed by atoms with E-state index in [9.17, 15) is 4.39 Å². The lowest BCUT2D eigenvalue weighted by Crippen LogP contribution is -2.24. The topological polar surface area (TPSA) is 29.9 Å². The molecule has 0 bridgehead atoms. The minimum Gasteiger partial charge on any atom is -0.302 e. The van der Waals surface area contributed by atoms with E-state index in [1.165, 1.54) is 12.1 Å². The van der Waals surface area contributed by atoms with E-state index in [0.717, 1.165) is 11.3 Å². The lowest BCUT2D eigenvalue weighted by molar-refractivity contribution is 0.469. The Bertz CT molecular complexity index is 504. The van der Waals surface area contributed by atoms with E-state index in [2.05, 4.69) is 24.3 Å². The van der Waals surface area contributed by atoms with Crippen LogP contribution in [0.15, 0.2) is 36.5 Å². The molecule has 0 saturated carbocycles. The van der Waals surface area contributed by atoms with Gasteiger partial charge < -0.3 is 5.32 Å². The van der Waals surface area contributed by atoms with Crippen LogP contribution in [0.4, 0.5) is 4.39 Å². The van der Waals surface area contributed by atoms with Gasteiger partial charge in [0.1, 0.15) is 5.82 Å². The van der Waals surface area contributed by atoms with Crippen molar-refractivity contribution in [1.29, 1.82) is 0 Å². The third kappa shape index (κ3) is 2.76. The van der Waals surface area contributed by atoms with Crippen molar-refractivity contribution in [2.75, 3.05) is 0 Å². The van der Waals surface area contributed by atoms with Crippen LogP contribution >= 0.6 is 0 Å². The molecule has 1 N–H and O–H groups in total. The zero-order valence-corrected chi connectivity index (χ0v) is 10.9. The summed E-state index contributed by atoms with van der Waals surface area (Å²) in [5.74, 6) is -0.203. The van der Waals surface area contributed by atoms with E-state index >= 15 is 0 Å². The number of benzene rings is 1. The molecule has 0 aliphatic rings. The summed E-state index contributed by atoms with van der Waals surface area (Å²) in [5.41, 5.74) is 2.20. The SMILES string of the molecule is CC(NC(C)c1ccnn1C)c1ccc(F)cc1. The van der Waals surface area contributed by atoms with Gasteiger partial charge in [0.2, 0.25) is 0 Å². The summed E-state index contributed by atoms with van der Waals surface area (Å²) in [6, 6.07) is 8.94. The highest BCUT2D eigenvalue weighted by Crippen LogP contribution is 2.18. The van der Waals surface area contributed by atoms with Crippen LogP contribution in [0, 0.1) is 5.82 Å². The van der Waals surface area contributed by atoms with Crippen LogP contribution in [0.3, 0.4) is 0 Å². The maximum Gasteiger partial charge on any atom is 0.123 e. The predicted molar refractivity (Wildman–Crippen MR) is 69.6 cm³/mol. The second-order valence-corrected chi connectivity index (χ2v) is 4.54. The summed E-state index contributed by atoms with van der Waals surface area (Å²) >= 11 is 0. The Kier molecular flexibility index (Phi) is 3.77. The number of rotatable bonds is 4. The van der Waals surface area contributed by atoms with Crippen LogP contribution in [-0.4, -0.2) is 9.78 Å². The molecule has 96 valence electrons. The first-order valence-electron chi connectivity index (χ1n) is 6.07. The van der Waals surface area contributed by atoms with Crippen molar-refractivity contribution < 1.29 is 4.39 Å². The maximum absolute atomic E-state index is 12.9. The molecule has 0 aliphatic carbocycles. The second-order valence-electron chi connectivity index (χ2n) is 4.54. The second kappa shape index (κ2) is 5.31. The Hall–Kier alpha value is -1.68. The highest BCUT2D eigenvalue weighted by molar-refractivity contribution is 5.20. The number of aryl methyl sites for hydroxylation is 1. The molecule has 1 aromatic heterocycles. The first-order valence-corrected chi connectivity index (χ1v) is 6.07. The maximum atomic E-state index is 12.9. The van der Waals surface area contributed by atoms with E-state index in [4.69, 9.17) is 0 Å². The van der Waals surface area contributed by atoms with E-state index < -0.39 is 0 Å². The van der Waals surface area contributed by atoms with Crippen molar-refractivity contribution in [1.82, 2.24) is 15.1 Å². The van der Waals surface area contributed by atoms with E-state index in [0.29, 0.717) is 0 Å². The van der Waals surface area contributed by atoms with Gasteiger partial charge in [-0.1, -0.05) is 12.1 Å². The fraction of sp³-hybridized carbons (Fsp3) is 0.357. The van der Waals surface area contributed by atoms with Crippen molar-refractivity contribution >= 4 is 0 Å². The monoisotopic (exact) mass is 247 g/mol. The Morgan fingerprint density at radius 1 is 1.11 bits per heavy atom. The molecule has 4 heteroatoms. The molecule has 18 heavy (non-hydrogen) atoms. The van der Waals surface area contributed by atoms with E-state index in [1.807, 2.05) is 29.9 Å². The van der Waals surface area contributed by atoms with Gasteiger partial charge in [-0.05, 0) is 37.6 Å². The predicted octanol–water partition coefficient (Wildman–Crippen LogP) is 2.97. The largest absolute Gasteiger partial charge is 0.302 e. The summed E-state index contributed by atoms with van der Waals surface area (Å²) in [5, 5.41) is 7.63. The molecule has 2 atom stereocenters. The Morgan fingerprint density at radius 3 is 2.33 bits per heavy atom. The van der Waals surface area contributed by atoms with Crippen molar-refractivity contribution in [3.8, 4) is 0 Å². The number of nitrogens with zero attached hydrogens (tertiary/aromatic N) is 2. The van der Waals surface area contributed by atoms with Crippen molar-refractivity contribution in [2.24, 2.45) is 7.05 Å². The van der Waals surface area contributed by atoms with Crippen molar-refractivity contribution in [3.05, 3.63) is 53.6 Å². The van der Waals surface area contributed by atoms with Crippen molar-refractivity contribution in [3.63, 3.8) is 0 Å². The molecule has 0 aliphatic heterocycles. The fourth-order valence-corrected chi connectivity index (χ4v) is 2.12. The molecule has 2 aromatic rings. The van der Waals surface area contributed by atoms with Crippen LogP contribution in [0.2, 0.25) is 0 Å². The Labute approximate surface area is 107 Å². The molecule has 0 saturated heterocycles. The number of aromatic nitrogens is 2. The Balaban J connectivity index is 2.05. The molecule has 0 fully saturated rings. The molecule has 2 rings (SSSR count). The third-order valence-electron chi connectivity index (χ3n) is 3.17. The van der Waals surface area contributed by atoms with E-state index in [1.54, 1.807) is 6.20 Å². The molecule has 0 radical (unpaired) electrons. The molecule has 0 spiro atoms. The highest BCUT2D eigenvalue weighted by atomic mass is 19.1. The summed E-state index contributed by atoms with van der Waals surface area (Å²) in [6.07, 6.45) is 1.79. The smallest absolute Gasteiger partial charge is 0.123 e. The first kappa shape index (κ1) is 12.8. The number of hydrogen-bond donors (Lipinski definition) is 1. The van der Waals surface area contributed by atoms with Crippen LogP contribution in [0.1, 0.15) is 37.2 Å². The zero-order valence-electron chi connectivity index (χ0n) is 10.9. The van der Waals surface area contributed by atoms with Crippen LogP contribution < -0.4 is 5.32 Å². The summed E-state index contributed by atoms with van der Waals surface area (Å²) in [4.78, 5) is 0. The number of hydrogen-bond acceptors (Lipinski definition) is 2. The summed E-state index contributed by atoms with van der Waals surface area (Å²) in [6.45, 7) is 4.16. The van der Waals surface area contributed by atoms with Crippen molar-refractivity contribution in [2.45, 2.75) is 25.9 Å². The van der Waals surface area contributed by atoms with Gasteiger partial charge in [-0.25, -0.2) is 4.39 Å². The molecule has 1 aromatic carbocycles. The van der Waals surface area contributed by atoms with Gasteiger partial charge in [0.05, 0.1) is 5.69 Å². The van der Waals surface area contributed by atoms with Gasteiger partial charge in [-0.15, -0.1) is 0 Å². The summed E-state index contributed by atoms with van der Waals surface area (Å²) < 4.78 is 14.7. The molecular weight excluding hydrogens is 229 g/mol. The minimum absolute atomic E-state index is 0.162. The van der Waals surface area contributed by atoms with Gasteiger partial charge in [0, 0.05) is 25.3 Å². The average molecular weight is 247 g/mol. The van der Waals surface area contributed by atoms with Gasteiger partial charge in [0.25, 0.3) is 0 Å². The number of nitrogens with one attached hydrogen (secondary N) is 1. The summed E-state index contributed by atoms with van der Waals surface area (Å²) in [7, 11) is 1.93. The number of halogens is 1. The lowest BCUT2D eigenvalue weighted by Gasteiger charge is -2.20. The quantitative estimate of drug-likeness (QED) is 0.900. The van der Waals surface area contributed by atoms with Crippen LogP contribution in [0.25, 0.3) is 0 Å². The van der Waals surface area contributed by atoms with Gasteiger partial charge in [0.15, 0.2) is 0 Å². The first-order chi connectivity index (χ1) is 8.58. The lowest BCUT2D eigenvalue weighted by atomic mass is 10.1.